The Bertz CT molecular complexity index is 584. The molecule has 0 aliphatic carbocycles. The fourth-order valence-electron chi connectivity index (χ4n) is 3.41. The van der Waals surface area contributed by atoms with Crippen LogP contribution in [0, 0.1) is 10.1 Å². The Balaban J connectivity index is 1.61. The van der Waals surface area contributed by atoms with Gasteiger partial charge in [-0.15, -0.1) is 0 Å². The highest BCUT2D eigenvalue weighted by atomic mass is 16.6. The lowest BCUT2D eigenvalue weighted by atomic mass is 10.1. The number of nitro benzene ring substituents is 1. The summed E-state index contributed by atoms with van der Waals surface area (Å²) in [4.78, 5) is 27.3. The molecular weight excluding hydrogens is 310 g/mol. The quantitative estimate of drug-likeness (QED) is 0.602. The number of nitrogens with zero attached hydrogens (tertiary/aromatic N) is 3. The molecular formula is C17H23N3O4. The van der Waals surface area contributed by atoms with Crippen molar-refractivity contribution in [2.45, 2.75) is 25.3 Å². The Morgan fingerprint density at radius 1 is 1.21 bits per heavy atom. The van der Waals surface area contributed by atoms with Crippen molar-refractivity contribution >= 4 is 11.6 Å². The molecule has 7 heteroatoms. The van der Waals surface area contributed by atoms with Crippen LogP contribution in [-0.2, 0) is 16.0 Å². The van der Waals surface area contributed by atoms with Gasteiger partial charge in [-0.1, -0.05) is 12.1 Å². The molecule has 0 aromatic heterocycles. The Morgan fingerprint density at radius 2 is 1.92 bits per heavy atom. The number of carbonyl (C=O) groups excluding carboxylic acids is 1. The number of ether oxygens (including phenoxy) is 1. The normalized spacial score (nSPS) is 21.8. The molecule has 2 heterocycles. The zero-order valence-corrected chi connectivity index (χ0v) is 13.7. The van der Waals surface area contributed by atoms with Crippen LogP contribution < -0.4 is 0 Å². The molecule has 0 N–H and O–H groups in total. The molecule has 0 radical (unpaired) electrons. The van der Waals surface area contributed by atoms with Gasteiger partial charge in [-0.25, -0.2) is 0 Å². The van der Waals surface area contributed by atoms with Gasteiger partial charge in [0.25, 0.3) is 5.69 Å². The molecule has 2 aliphatic heterocycles. The van der Waals surface area contributed by atoms with Crippen LogP contribution >= 0.6 is 0 Å². The third kappa shape index (κ3) is 4.10. The average molecular weight is 333 g/mol. The lowest BCUT2D eigenvalue weighted by molar-refractivity contribution is -0.384. The first kappa shape index (κ1) is 16.9. The summed E-state index contributed by atoms with van der Waals surface area (Å²) in [5.41, 5.74) is 0.849. The molecule has 3 rings (SSSR count). The van der Waals surface area contributed by atoms with E-state index < -0.39 is 4.92 Å². The second-order valence-electron chi connectivity index (χ2n) is 6.42. The predicted molar refractivity (Wildman–Crippen MR) is 88.8 cm³/mol. The van der Waals surface area contributed by atoms with Crippen LogP contribution in [0.3, 0.4) is 0 Å². The molecule has 1 unspecified atom stereocenters. The zero-order chi connectivity index (χ0) is 16.9. The van der Waals surface area contributed by atoms with Gasteiger partial charge in [0.2, 0.25) is 5.91 Å². The van der Waals surface area contributed by atoms with Crippen LogP contribution in [-0.4, -0.2) is 66.1 Å². The second-order valence-corrected chi connectivity index (χ2v) is 6.42. The summed E-state index contributed by atoms with van der Waals surface area (Å²) < 4.78 is 5.57. The minimum absolute atomic E-state index is 0.0458. The van der Waals surface area contributed by atoms with Crippen molar-refractivity contribution in [1.82, 2.24) is 9.80 Å². The second kappa shape index (κ2) is 7.72. The Labute approximate surface area is 141 Å². The van der Waals surface area contributed by atoms with E-state index >= 15 is 0 Å². The molecule has 1 aromatic rings. The van der Waals surface area contributed by atoms with Crippen molar-refractivity contribution in [3.05, 3.63) is 39.9 Å². The van der Waals surface area contributed by atoms with E-state index in [1.54, 1.807) is 12.1 Å². The van der Waals surface area contributed by atoms with Crippen molar-refractivity contribution in [2.24, 2.45) is 0 Å². The Hall–Kier alpha value is -1.99. The lowest BCUT2D eigenvalue weighted by Crippen LogP contribution is -2.53. The average Bonchev–Trinajstić information content (AvgIpc) is 3.09. The van der Waals surface area contributed by atoms with E-state index in [4.69, 9.17) is 4.74 Å². The number of hydrogen-bond donors (Lipinski definition) is 0. The lowest BCUT2D eigenvalue weighted by Gasteiger charge is -2.37. The van der Waals surface area contributed by atoms with Crippen molar-refractivity contribution in [2.75, 3.05) is 39.4 Å². The van der Waals surface area contributed by atoms with Gasteiger partial charge in [-0.3, -0.25) is 14.9 Å². The summed E-state index contributed by atoms with van der Waals surface area (Å²) in [6, 6.07) is 6.31. The van der Waals surface area contributed by atoms with Gasteiger partial charge in [-0.2, -0.15) is 0 Å². The number of likely N-dealkylation sites (tertiary alicyclic amines) is 1. The van der Waals surface area contributed by atoms with Crippen molar-refractivity contribution in [3.63, 3.8) is 0 Å². The van der Waals surface area contributed by atoms with Crippen LogP contribution in [0.25, 0.3) is 0 Å². The van der Waals surface area contributed by atoms with Crippen LogP contribution in [0.4, 0.5) is 5.69 Å². The topological polar surface area (TPSA) is 75.9 Å². The van der Waals surface area contributed by atoms with Crippen molar-refractivity contribution in [3.8, 4) is 0 Å². The van der Waals surface area contributed by atoms with E-state index in [0.29, 0.717) is 19.8 Å². The van der Waals surface area contributed by atoms with Gasteiger partial charge in [0.05, 0.1) is 30.6 Å². The summed E-state index contributed by atoms with van der Waals surface area (Å²) in [5, 5.41) is 10.7. The maximum absolute atomic E-state index is 12.7. The standard InChI is InChI=1S/C17H23N3O4/c21-17(11-14-3-5-15(6-4-14)20(22)23)19-9-10-24-13-16(19)12-18-7-1-2-8-18/h3-6,16H,1-2,7-13H2. The largest absolute Gasteiger partial charge is 0.377 e. The Morgan fingerprint density at radius 3 is 2.58 bits per heavy atom. The number of non-ortho nitro benzene ring substituents is 1. The highest BCUT2D eigenvalue weighted by Crippen LogP contribution is 2.17. The van der Waals surface area contributed by atoms with Crippen molar-refractivity contribution in [1.29, 1.82) is 0 Å². The van der Waals surface area contributed by atoms with Gasteiger partial charge >= 0.3 is 0 Å². The molecule has 7 nitrogen and oxygen atoms in total. The maximum Gasteiger partial charge on any atom is 0.269 e. The summed E-state index contributed by atoms with van der Waals surface area (Å²) in [6.45, 7) is 4.84. The van der Waals surface area contributed by atoms with Crippen LogP contribution in [0.5, 0.6) is 0 Å². The minimum atomic E-state index is -0.431. The van der Waals surface area contributed by atoms with Gasteiger partial charge in [0, 0.05) is 25.2 Å². The molecule has 2 aliphatic rings. The number of morpholine rings is 1. The smallest absolute Gasteiger partial charge is 0.269 e. The van der Waals surface area contributed by atoms with Gasteiger partial charge in [-0.05, 0) is 31.5 Å². The first-order chi connectivity index (χ1) is 11.6. The van der Waals surface area contributed by atoms with E-state index in [-0.39, 0.29) is 24.1 Å². The molecule has 1 atom stereocenters. The first-order valence-electron chi connectivity index (χ1n) is 8.46. The van der Waals surface area contributed by atoms with Crippen LogP contribution in [0.15, 0.2) is 24.3 Å². The molecule has 0 bridgehead atoms. The van der Waals surface area contributed by atoms with E-state index in [0.717, 1.165) is 25.2 Å². The molecule has 1 amide bonds. The molecule has 2 saturated heterocycles. The first-order valence-corrected chi connectivity index (χ1v) is 8.46. The number of rotatable bonds is 5. The highest BCUT2D eigenvalue weighted by molar-refractivity contribution is 5.79. The minimum Gasteiger partial charge on any atom is -0.377 e. The fourth-order valence-corrected chi connectivity index (χ4v) is 3.41. The van der Waals surface area contributed by atoms with Crippen molar-refractivity contribution < 1.29 is 14.5 Å². The van der Waals surface area contributed by atoms with Gasteiger partial charge in [0.1, 0.15) is 0 Å². The van der Waals surface area contributed by atoms with Crippen LogP contribution in [0.2, 0.25) is 0 Å². The maximum atomic E-state index is 12.7. The Kier molecular flexibility index (Phi) is 5.42. The number of amides is 1. The third-order valence-corrected chi connectivity index (χ3v) is 4.72. The summed E-state index contributed by atoms with van der Waals surface area (Å²) in [7, 11) is 0. The molecule has 1 aromatic carbocycles. The summed E-state index contributed by atoms with van der Waals surface area (Å²) in [5.74, 6) is 0.0661. The SMILES string of the molecule is O=C(Cc1ccc([N+](=O)[O-])cc1)N1CCOCC1CN1CCCC1. The predicted octanol–water partition coefficient (Wildman–Crippen LogP) is 1.46. The van der Waals surface area contributed by atoms with E-state index in [1.165, 1.54) is 25.0 Å². The van der Waals surface area contributed by atoms with E-state index in [9.17, 15) is 14.9 Å². The van der Waals surface area contributed by atoms with E-state index in [2.05, 4.69) is 4.90 Å². The summed E-state index contributed by atoms with van der Waals surface area (Å²) >= 11 is 0. The highest BCUT2D eigenvalue weighted by Gasteiger charge is 2.29. The van der Waals surface area contributed by atoms with Gasteiger partial charge in [0.15, 0.2) is 0 Å². The molecule has 0 saturated carbocycles. The monoisotopic (exact) mass is 333 g/mol. The van der Waals surface area contributed by atoms with E-state index in [1.807, 2.05) is 4.90 Å². The number of carbonyl (C=O) groups is 1. The summed E-state index contributed by atoms with van der Waals surface area (Å²) in [6.07, 6.45) is 2.73. The zero-order valence-electron chi connectivity index (χ0n) is 13.7. The third-order valence-electron chi connectivity index (χ3n) is 4.72. The number of benzene rings is 1. The number of hydrogen-bond acceptors (Lipinski definition) is 5. The molecule has 24 heavy (non-hydrogen) atoms. The molecule has 130 valence electrons. The van der Waals surface area contributed by atoms with Crippen LogP contribution in [0.1, 0.15) is 18.4 Å². The molecule has 0 spiro atoms. The fraction of sp³-hybridized carbons (Fsp3) is 0.588. The van der Waals surface area contributed by atoms with Gasteiger partial charge < -0.3 is 14.5 Å². The molecule has 2 fully saturated rings. The number of nitro groups is 1.